The van der Waals surface area contributed by atoms with Crippen molar-refractivity contribution in [1.29, 1.82) is 0 Å². The molecule has 138 valence electrons. The van der Waals surface area contributed by atoms with Crippen LogP contribution >= 0.6 is 0 Å². The molecule has 6 heteroatoms. The molecule has 0 unspecified atom stereocenters. The number of nitrogens with one attached hydrogen (secondary N) is 1. The topological polar surface area (TPSA) is 59.3 Å². The third-order valence-corrected chi connectivity index (χ3v) is 4.69. The summed E-state index contributed by atoms with van der Waals surface area (Å²) in [5.41, 5.74) is 2.59. The number of hydrogen-bond acceptors (Lipinski definition) is 4. The second-order valence-electron chi connectivity index (χ2n) is 6.41. The molecule has 0 saturated heterocycles. The summed E-state index contributed by atoms with van der Waals surface area (Å²) < 4.78 is 21.2. The molecule has 0 spiro atoms. The van der Waals surface area contributed by atoms with E-state index in [9.17, 15) is 9.50 Å². The molecule has 0 aliphatic rings. The third-order valence-electron chi connectivity index (χ3n) is 4.69. The van der Waals surface area contributed by atoms with Gasteiger partial charge in [0.05, 0.1) is 24.4 Å². The van der Waals surface area contributed by atoms with Crippen molar-refractivity contribution in [3.05, 3.63) is 59.7 Å². The van der Waals surface area contributed by atoms with Gasteiger partial charge >= 0.3 is 0 Å². The highest BCUT2D eigenvalue weighted by Gasteiger charge is 2.26. The fraction of sp³-hybridized carbons (Fsp3) is 0.350. The maximum Gasteiger partial charge on any atom is 0.213 e. The Hall–Kier alpha value is -2.44. The highest BCUT2D eigenvalue weighted by atomic mass is 19.1. The van der Waals surface area contributed by atoms with Crippen LogP contribution in [0.15, 0.2) is 42.6 Å². The lowest BCUT2D eigenvalue weighted by molar-refractivity contribution is 0.192. The van der Waals surface area contributed by atoms with Crippen LogP contribution in [0.5, 0.6) is 5.88 Å². The molecule has 26 heavy (non-hydrogen) atoms. The molecule has 3 aromatic rings. The number of benzene rings is 1. The molecular formula is C20H24FN3O2. The van der Waals surface area contributed by atoms with E-state index < -0.39 is 0 Å². The van der Waals surface area contributed by atoms with Gasteiger partial charge in [-0.1, -0.05) is 12.1 Å². The van der Waals surface area contributed by atoms with Crippen molar-refractivity contribution in [1.82, 2.24) is 14.9 Å². The molecule has 0 radical (unpaired) electrons. The fourth-order valence-corrected chi connectivity index (χ4v) is 3.58. The summed E-state index contributed by atoms with van der Waals surface area (Å²) in [6.07, 6.45) is 1.96. The summed E-state index contributed by atoms with van der Waals surface area (Å²) in [6.45, 7) is 2.50. The summed E-state index contributed by atoms with van der Waals surface area (Å²) in [5, 5.41) is 14.1. The second-order valence-corrected chi connectivity index (χ2v) is 6.41. The SMILES string of the molecule is CNC[C@@H](CO)[C@H](c1cccc(F)c1)n1ccc2cc(OC)nc(C)c21. The zero-order valence-corrected chi connectivity index (χ0v) is 15.2. The predicted octanol–water partition coefficient (Wildman–Crippen LogP) is 2.91. The van der Waals surface area contributed by atoms with E-state index in [1.54, 1.807) is 13.2 Å². The number of ether oxygens (including phenoxy) is 1. The standard InChI is InChI=1S/C20H24FN3O2/c1-13-19-15(10-18(23-13)26-3)7-8-24(19)20(16(12-25)11-22-2)14-5-4-6-17(21)9-14/h4-10,16,20,22,25H,11-12H2,1-3H3/t16-,20-/m0/s1. The zero-order valence-electron chi connectivity index (χ0n) is 15.2. The molecule has 2 atom stereocenters. The van der Waals surface area contributed by atoms with Gasteiger partial charge in [0.25, 0.3) is 0 Å². The van der Waals surface area contributed by atoms with Crippen LogP contribution in [0.1, 0.15) is 17.3 Å². The first-order valence-electron chi connectivity index (χ1n) is 8.62. The van der Waals surface area contributed by atoms with E-state index in [1.165, 1.54) is 12.1 Å². The van der Waals surface area contributed by atoms with Crippen LogP contribution in [0.3, 0.4) is 0 Å². The summed E-state index contributed by atoms with van der Waals surface area (Å²) in [4.78, 5) is 4.48. The van der Waals surface area contributed by atoms with Crippen LogP contribution in [-0.4, -0.2) is 42.0 Å². The summed E-state index contributed by atoms with van der Waals surface area (Å²) >= 11 is 0. The van der Waals surface area contributed by atoms with Crippen LogP contribution in [0.25, 0.3) is 10.9 Å². The van der Waals surface area contributed by atoms with E-state index in [-0.39, 0.29) is 24.4 Å². The molecule has 2 aromatic heterocycles. The Balaban J connectivity index is 2.20. The Morgan fingerprint density at radius 1 is 1.31 bits per heavy atom. The van der Waals surface area contributed by atoms with Crippen molar-refractivity contribution in [3.8, 4) is 5.88 Å². The minimum absolute atomic E-state index is 0.0235. The number of hydrogen-bond donors (Lipinski definition) is 2. The first kappa shape index (κ1) is 18.4. The van der Waals surface area contributed by atoms with Gasteiger partial charge in [-0.3, -0.25) is 0 Å². The molecule has 2 N–H and O–H groups in total. The van der Waals surface area contributed by atoms with Gasteiger partial charge in [0.2, 0.25) is 5.88 Å². The number of halogens is 1. The van der Waals surface area contributed by atoms with Gasteiger partial charge in [-0.15, -0.1) is 0 Å². The molecule has 0 saturated carbocycles. The Labute approximate surface area is 152 Å². The minimum Gasteiger partial charge on any atom is -0.481 e. The maximum atomic E-state index is 13.9. The zero-order chi connectivity index (χ0) is 18.7. The number of aryl methyl sites for hydroxylation is 1. The van der Waals surface area contributed by atoms with Gasteiger partial charge in [0.1, 0.15) is 5.82 Å². The van der Waals surface area contributed by atoms with Crippen molar-refractivity contribution in [3.63, 3.8) is 0 Å². The van der Waals surface area contributed by atoms with E-state index >= 15 is 0 Å². The maximum absolute atomic E-state index is 13.9. The van der Waals surface area contributed by atoms with E-state index in [0.29, 0.717) is 12.4 Å². The smallest absolute Gasteiger partial charge is 0.213 e. The lowest BCUT2D eigenvalue weighted by Crippen LogP contribution is -2.31. The highest BCUT2D eigenvalue weighted by Crippen LogP contribution is 2.33. The molecule has 3 rings (SSSR count). The van der Waals surface area contributed by atoms with Crippen LogP contribution in [-0.2, 0) is 0 Å². The number of methoxy groups -OCH3 is 1. The van der Waals surface area contributed by atoms with Crippen LogP contribution < -0.4 is 10.1 Å². The molecule has 0 fully saturated rings. The monoisotopic (exact) mass is 357 g/mol. The number of nitrogens with zero attached hydrogens (tertiary/aromatic N) is 2. The van der Waals surface area contributed by atoms with E-state index in [2.05, 4.69) is 14.9 Å². The van der Waals surface area contributed by atoms with Gasteiger partial charge in [-0.2, -0.15) is 0 Å². The fourth-order valence-electron chi connectivity index (χ4n) is 3.58. The molecular weight excluding hydrogens is 333 g/mol. The van der Waals surface area contributed by atoms with Gasteiger partial charge in [-0.25, -0.2) is 9.37 Å². The molecule has 5 nitrogen and oxygen atoms in total. The van der Waals surface area contributed by atoms with E-state index in [0.717, 1.165) is 22.2 Å². The quantitative estimate of drug-likeness (QED) is 0.683. The largest absolute Gasteiger partial charge is 0.481 e. The number of fused-ring (bicyclic) bond motifs is 1. The summed E-state index contributed by atoms with van der Waals surface area (Å²) in [6, 6.07) is 10.2. The molecule has 1 aromatic carbocycles. The first-order valence-corrected chi connectivity index (χ1v) is 8.62. The molecule has 0 bridgehead atoms. The van der Waals surface area contributed by atoms with Crippen molar-refractivity contribution in [2.75, 3.05) is 27.3 Å². The van der Waals surface area contributed by atoms with Crippen molar-refractivity contribution in [2.45, 2.75) is 13.0 Å². The predicted molar refractivity (Wildman–Crippen MR) is 100 cm³/mol. The number of pyridine rings is 1. The molecule has 0 aliphatic heterocycles. The van der Waals surface area contributed by atoms with E-state index in [1.807, 2.05) is 38.4 Å². The molecule has 0 amide bonds. The summed E-state index contributed by atoms with van der Waals surface area (Å²) in [7, 11) is 3.44. The average Bonchev–Trinajstić information content (AvgIpc) is 3.05. The van der Waals surface area contributed by atoms with Crippen LogP contribution in [0.4, 0.5) is 4.39 Å². The lowest BCUT2D eigenvalue weighted by Gasteiger charge is -2.29. The van der Waals surface area contributed by atoms with Crippen LogP contribution in [0.2, 0.25) is 0 Å². The third kappa shape index (κ3) is 3.43. The number of aliphatic hydroxyl groups excluding tert-OH is 1. The highest BCUT2D eigenvalue weighted by molar-refractivity contribution is 5.83. The molecule has 0 aliphatic carbocycles. The Bertz CT molecular complexity index is 894. The van der Waals surface area contributed by atoms with E-state index in [4.69, 9.17) is 4.74 Å². The minimum atomic E-state index is -0.290. The number of rotatable bonds is 7. The average molecular weight is 357 g/mol. The normalized spacial score (nSPS) is 13.7. The van der Waals surface area contributed by atoms with Crippen molar-refractivity contribution in [2.24, 2.45) is 5.92 Å². The number of aliphatic hydroxyl groups is 1. The Morgan fingerprint density at radius 2 is 2.12 bits per heavy atom. The van der Waals surface area contributed by atoms with Gasteiger partial charge in [-0.05, 0) is 37.7 Å². The lowest BCUT2D eigenvalue weighted by atomic mass is 9.92. The first-order chi connectivity index (χ1) is 12.6. The summed E-state index contributed by atoms with van der Waals surface area (Å²) in [5.74, 6) is 0.143. The Kier molecular flexibility index (Phi) is 5.54. The number of aromatic nitrogens is 2. The molecule has 2 heterocycles. The van der Waals surface area contributed by atoms with Crippen LogP contribution in [0, 0.1) is 18.7 Å². The van der Waals surface area contributed by atoms with Gasteiger partial charge < -0.3 is 19.7 Å². The van der Waals surface area contributed by atoms with Gasteiger partial charge in [0.15, 0.2) is 0 Å². The second kappa shape index (κ2) is 7.85. The van der Waals surface area contributed by atoms with Crippen molar-refractivity contribution >= 4 is 10.9 Å². The van der Waals surface area contributed by atoms with Gasteiger partial charge in [0, 0.05) is 36.7 Å². The Morgan fingerprint density at radius 3 is 2.77 bits per heavy atom. The van der Waals surface area contributed by atoms with Crippen molar-refractivity contribution < 1.29 is 14.2 Å².